The first-order valence-corrected chi connectivity index (χ1v) is 9.88. The van der Waals surface area contributed by atoms with Gasteiger partial charge >= 0.3 is 0 Å². The summed E-state index contributed by atoms with van der Waals surface area (Å²) in [7, 11) is 3.69. The standard InChI is InChI=1S/C21H28N6O.HI/c1-15-24-25-20(26(15)2)14-22-21(23-18-7-8-18)27-11-9-16(10-12-27)17-5-4-6-19(13-17)28-3;/h4-6,9,13,18H,7-8,10-12,14H2,1-3H3,(H,22,23);1H. The van der Waals surface area contributed by atoms with Crippen molar-refractivity contribution in [1.29, 1.82) is 0 Å². The molecule has 0 amide bonds. The number of hydrogen-bond donors (Lipinski definition) is 1. The molecule has 0 bridgehead atoms. The van der Waals surface area contributed by atoms with Gasteiger partial charge in [-0.05, 0) is 49.5 Å². The zero-order valence-electron chi connectivity index (χ0n) is 17.3. The molecule has 1 fully saturated rings. The predicted molar refractivity (Wildman–Crippen MR) is 126 cm³/mol. The van der Waals surface area contributed by atoms with Crippen molar-refractivity contribution < 1.29 is 4.74 Å². The number of guanidine groups is 1. The third kappa shape index (κ3) is 5.29. The quantitative estimate of drug-likeness (QED) is 0.382. The van der Waals surface area contributed by atoms with E-state index in [2.05, 4.69) is 38.6 Å². The molecule has 1 aliphatic heterocycles. The van der Waals surface area contributed by atoms with E-state index in [-0.39, 0.29) is 24.0 Å². The first kappa shape index (κ1) is 21.6. The fraction of sp³-hybridized carbons (Fsp3) is 0.476. The molecule has 1 aromatic carbocycles. The number of nitrogens with zero attached hydrogens (tertiary/aromatic N) is 5. The Labute approximate surface area is 189 Å². The van der Waals surface area contributed by atoms with Crippen LogP contribution in [0.3, 0.4) is 0 Å². The molecule has 4 rings (SSSR count). The van der Waals surface area contributed by atoms with Crippen molar-refractivity contribution in [3.63, 3.8) is 0 Å². The second-order valence-electron chi connectivity index (χ2n) is 7.44. The first-order valence-electron chi connectivity index (χ1n) is 9.88. The molecule has 1 N–H and O–H groups in total. The maximum atomic E-state index is 5.36. The monoisotopic (exact) mass is 508 g/mol. The van der Waals surface area contributed by atoms with Crippen LogP contribution in [0.15, 0.2) is 35.3 Å². The lowest BCUT2D eigenvalue weighted by Gasteiger charge is -2.30. The number of benzene rings is 1. The molecule has 8 heteroatoms. The molecule has 156 valence electrons. The third-order valence-corrected chi connectivity index (χ3v) is 5.41. The molecule has 7 nitrogen and oxygen atoms in total. The van der Waals surface area contributed by atoms with Crippen LogP contribution < -0.4 is 10.1 Å². The molecule has 2 aliphatic rings. The molecule has 1 aromatic heterocycles. The summed E-state index contributed by atoms with van der Waals surface area (Å²) in [6, 6.07) is 8.85. The highest BCUT2D eigenvalue weighted by Gasteiger charge is 2.26. The fourth-order valence-electron chi connectivity index (χ4n) is 3.33. The minimum absolute atomic E-state index is 0. The van der Waals surface area contributed by atoms with E-state index < -0.39 is 0 Å². The molecule has 0 radical (unpaired) electrons. The Morgan fingerprint density at radius 3 is 2.76 bits per heavy atom. The van der Waals surface area contributed by atoms with Gasteiger partial charge in [0.2, 0.25) is 0 Å². The lowest BCUT2D eigenvalue weighted by Crippen LogP contribution is -2.44. The number of aliphatic imine (C=N–C) groups is 1. The Hall–Kier alpha value is -2.10. The average Bonchev–Trinajstić information content (AvgIpc) is 3.51. The molecular weight excluding hydrogens is 479 g/mol. The van der Waals surface area contributed by atoms with E-state index in [1.807, 2.05) is 30.7 Å². The van der Waals surface area contributed by atoms with Gasteiger partial charge < -0.3 is 19.5 Å². The van der Waals surface area contributed by atoms with Gasteiger partial charge in [-0.2, -0.15) is 0 Å². The number of halogens is 1. The van der Waals surface area contributed by atoms with E-state index in [1.165, 1.54) is 24.0 Å². The van der Waals surface area contributed by atoms with E-state index in [0.717, 1.165) is 42.9 Å². The molecule has 0 saturated heterocycles. The minimum atomic E-state index is 0. The average molecular weight is 508 g/mol. The molecule has 0 spiro atoms. The van der Waals surface area contributed by atoms with Crippen molar-refractivity contribution in [3.05, 3.63) is 47.6 Å². The van der Waals surface area contributed by atoms with Crippen LogP contribution >= 0.6 is 24.0 Å². The maximum Gasteiger partial charge on any atom is 0.194 e. The van der Waals surface area contributed by atoms with Gasteiger partial charge in [-0.3, -0.25) is 0 Å². The second-order valence-corrected chi connectivity index (χ2v) is 7.44. The lowest BCUT2D eigenvalue weighted by molar-refractivity contribution is 0.414. The van der Waals surface area contributed by atoms with Gasteiger partial charge in [-0.1, -0.05) is 18.2 Å². The van der Waals surface area contributed by atoms with Crippen LogP contribution in [-0.4, -0.2) is 51.9 Å². The van der Waals surface area contributed by atoms with Gasteiger partial charge in [-0.15, -0.1) is 34.2 Å². The summed E-state index contributed by atoms with van der Waals surface area (Å²) in [4.78, 5) is 7.18. The van der Waals surface area contributed by atoms with Gasteiger partial charge in [0, 0.05) is 26.2 Å². The van der Waals surface area contributed by atoms with Crippen molar-refractivity contribution >= 4 is 35.5 Å². The van der Waals surface area contributed by atoms with Crippen LogP contribution in [0.1, 0.15) is 36.5 Å². The van der Waals surface area contributed by atoms with Crippen LogP contribution in [0.2, 0.25) is 0 Å². The first-order chi connectivity index (χ1) is 13.6. The van der Waals surface area contributed by atoms with Crippen LogP contribution in [0, 0.1) is 6.92 Å². The Balaban J connectivity index is 0.00000240. The summed E-state index contributed by atoms with van der Waals surface area (Å²) < 4.78 is 7.36. The second kappa shape index (κ2) is 9.60. The zero-order valence-corrected chi connectivity index (χ0v) is 19.6. The Bertz CT molecular complexity index is 902. The van der Waals surface area contributed by atoms with E-state index in [9.17, 15) is 0 Å². The normalized spacial score (nSPS) is 16.9. The topological polar surface area (TPSA) is 67.6 Å². The number of rotatable bonds is 5. The number of methoxy groups -OCH3 is 1. The number of hydrogen-bond acceptors (Lipinski definition) is 4. The smallest absolute Gasteiger partial charge is 0.194 e. The van der Waals surface area contributed by atoms with Crippen molar-refractivity contribution in [2.24, 2.45) is 12.0 Å². The Morgan fingerprint density at radius 2 is 2.14 bits per heavy atom. The largest absolute Gasteiger partial charge is 0.497 e. The summed E-state index contributed by atoms with van der Waals surface area (Å²) in [5.74, 6) is 3.67. The number of ether oxygens (including phenoxy) is 1. The Kier molecular flexibility index (Phi) is 7.15. The van der Waals surface area contributed by atoms with Gasteiger partial charge in [0.05, 0.1) is 7.11 Å². The highest BCUT2D eigenvalue weighted by molar-refractivity contribution is 14.0. The van der Waals surface area contributed by atoms with Crippen molar-refractivity contribution in [3.8, 4) is 5.75 Å². The van der Waals surface area contributed by atoms with Gasteiger partial charge in [0.15, 0.2) is 11.8 Å². The fourth-order valence-corrected chi connectivity index (χ4v) is 3.33. The third-order valence-electron chi connectivity index (χ3n) is 5.41. The molecule has 1 saturated carbocycles. The summed E-state index contributed by atoms with van der Waals surface area (Å²) in [5, 5.41) is 12.0. The van der Waals surface area contributed by atoms with Crippen molar-refractivity contribution in [2.75, 3.05) is 20.2 Å². The summed E-state index contributed by atoms with van der Waals surface area (Å²) in [6.45, 7) is 4.29. The summed E-state index contributed by atoms with van der Waals surface area (Å²) >= 11 is 0. The van der Waals surface area contributed by atoms with Crippen LogP contribution in [-0.2, 0) is 13.6 Å². The van der Waals surface area contributed by atoms with Crippen LogP contribution in [0.5, 0.6) is 5.75 Å². The summed E-state index contributed by atoms with van der Waals surface area (Å²) in [5.41, 5.74) is 2.60. The molecule has 0 unspecified atom stereocenters. The highest BCUT2D eigenvalue weighted by Crippen LogP contribution is 2.26. The van der Waals surface area contributed by atoms with Gasteiger partial charge in [0.25, 0.3) is 0 Å². The SMILES string of the molecule is COc1cccc(C2=CCN(C(=NCc3nnc(C)n3C)NC3CC3)CC2)c1.I. The molecule has 2 aromatic rings. The van der Waals surface area contributed by atoms with Crippen LogP contribution in [0.4, 0.5) is 0 Å². The van der Waals surface area contributed by atoms with Crippen molar-refractivity contribution in [1.82, 2.24) is 25.0 Å². The molecule has 0 atom stereocenters. The summed E-state index contributed by atoms with van der Waals surface area (Å²) in [6.07, 6.45) is 5.73. The van der Waals surface area contributed by atoms with Crippen LogP contribution in [0.25, 0.3) is 5.57 Å². The molecule has 1 aliphatic carbocycles. The van der Waals surface area contributed by atoms with Gasteiger partial charge in [0.1, 0.15) is 18.1 Å². The Morgan fingerprint density at radius 1 is 1.31 bits per heavy atom. The van der Waals surface area contributed by atoms with E-state index in [0.29, 0.717) is 12.6 Å². The molecular formula is C21H29IN6O. The van der Waals surface area contributed by atoms with Gasteiger partial charge in [-0.25, -0.2) is 4.99 Å². The predicted octanol–water partition coefficient (Wildman–Crippen LogP) is 3.15. The van der Waals surface area contributed by atoms with E-state index in [4.69, 9.17) is 9.73 Å². The highest BCUT2D eigenvalue weighted by atomic mass is 127. The van der Waals surface area contributed by atoms with Crippen molar-refractivity contribution in [2.45, 2.75) is 38.8 Å². The number of aromatic nitrogens is 3. The lowest BCUT2D eigenvalue weighted by atomic mass is 9.99. The number of nitrogens with one attached hydrogen (secondary N) is 1. The maximum absolute atomic E-state index is 5.36. The number of aryl methyl sites for hydroxylation is 1. The minimum Gasteiger partial charge on any atom is -0.497 e. The molecule has 2 heterocycles. The van der Waals surface area contributed by atoms with E-state index >= 15 is 0 Å². The molecule has 29 heavy (non-hydrogen) atoms. The zero-order chi connectivity index (χ0) is 19.5. The van der Waals surface area contributed by atoms with E-state index in [1.54, 1.807) is 7.11 Å².